The third-order valence-electron chi connectivity index (χ3n) is 5.62. The molecule has 2 unspecified atom stereocenters. The van der Waals surface area contributed by atoms with Crippen molar-refractivity contribution in [1.29, 1.82) is 0 Å². The van der Waals surface area contributed by atoms with E-state index in [1.807, 2.05) is 13.8 Å². The zero-order valence-corrected chi connectivity index (χ0v) is 19.2. The van der Waals surface area contributed by atoms with Crippen molar-refractivity contribution in [2.45, 2.75) is 65.5 Å². The summed E-state index contributed by atoms with van der Waals surface area (Å²) in [5.41, 5.74) is 0. The zero-order valence-electron chi connectivity index (χ0n) is 19.2. The summed E-state index contributed by atoms with van der Waals surface area (Å²) in [6.45, 7) is 15.9. The molecule has 0 spiro atoms. The van der Waals surface area contributed by atoms with Gasteiger partial charge in [-0.15, -0.1) is 0 Å². The first-order valence-electron chi connectivity index (χ1n) is 11.6. The molecule has 1 aliphatic rings. The molecule has 7 nitrogen and oxygen atoms in total. The van der Waals surface area contributed by atoms with Gasteiger partial charge in [0.2, 0.25) is 5.91 Å². The van der Waals surface area contributed by atoms with Gasteiger partial charge in [-0.25, -0.2) is 0 Å². The number of rotatable bonds is 17. The number of amides is 1. The molecular weight excluding hydrogens is 370 g/mol. The van der Waals surface area contributed by atoms with E-state index in [0.717, 1.165) is 32.7 Å². The van der Waals surface area contributed by atoms with Crippen LogP contribution in [0, 0.1) is 5.92 Å². The van der Waals surface area contributed by atoms with Crippen LogP contribution in [-0.4, -0.2) is 88.7 Å². The van der Waals surface area contributed by atoms with E-state index in [2.05, 4.69) is 29.4 Å². The van der Waals surface area contributed by atoms with Crippen LogP contribution in [-0.2, 0) is 19.0 Å². The number of nitrogens with one attached hydrogen (secondary N) is 2. The minimum Gasteiger partial charge on any atom is -0.378 e. The molecule has 1 fully saturated rings. The van der Waals surface area contributed by atoms with Gasteiger partial charge >= 0.3 is 0 Å². The first kappa shape index (κ1) is 26.3. The molecule has 1 saturated heterocycles. The van der Waals surface area contributed by atoms with E-state index in [0.29, 0.717) is 51.7 Å². The van der Waals surface area contributed by atoms with Crippen molar-refractivity contribution >= 4 is 5.91 Å². The quantitative estimate of drug-likeness (QED) is 0.353. The molecule has 0 aromatic heterocycles. The van der Waals surface area contributed by atoms with E-state index in [1.165, 1.54) is 19.3 Å². The zero-order chi connectivity index (χ0) is 21.3. The minimum absolute atomic E-state index is 0. The van der Waals surface area contributed by atoms with Gasteiger partial charge in [0, 0.05) is 33.9 Å². The van der Waals surface area contributed by atoms with Crippen molar-refractivity contribution in [3.63, 3.8) is 0 Å². The van der Waals surface area contributed by atoms with Gasteiger partial charge in [0.05, 0.1) is 39.6 Å². The Bertz CT molecular complexity index is 414. The lowest BCUT2D eigenvalue weighted by molar-refractivity contribution is -0.124. The monoisotopic (exact) mass is 419 g/mol. The second-order valence-electron chi connectivity index (χ2n) is 8.03. The van der Waals surface area contributed by atoms with Gasteiger partial charge in [-0.2, -0.15) is 0 Å². The van der Waals surface area contributed by atoms with Crippen LogP contribution in [0.15, 0.2) is 0 Å². The predicted octanol–water partition coefficient (Wildman–Crippen LogP) is 2.54. The summed E-state index contributed by atoms with van der Waals surface area (Å²) in [6, 6.07) is 1.30. The van der Waals surface area contributed by atoms with Gasteiger partial charge in [0.25, 0.3) is 0 Å². The standard InChI is InChI=1S/C22H45N3O4.2H2/c1-5-19(3)22(26)23-9-13-27-15-17-29-18-16-28-14-12-25-10-7-21(8-11-25)24-20(4)6-2;;/h19-21,24H,5-18H2,1-4H3,(H,23,26);2*1H. The Labute approximate surface area is 181 Å². The summed E-state index contributed by atoms with van der Waals surface area (Å²) in [5, 5.41) is 6.58. The van der Waals surface area contributed by atoms with Gasteiger partial charge in [-0.05, 0) is 45.7 Å². The summed E-state index contributed by atoms with van der Waals surface area (Å²) < 4.78 is 16.6. The molecule has 1 heterocycles. The van der Waals surface area contributed by atoms with E-state index in [-0.39, 0.29) is 14.7 Å². The second kappa shape index (κ2) is 17.0. The molecule has 29 heavy (non-hydrogen) atoms. The number of nitrogens with zero attached hydrogens (tertiary/aromatic N) is 1. The van der Waals surface area contributed by atoms with Crippen LogP contribution in [0.5, 0.6) is 0 Å². The third-order valence-corrected chi connectivity index (χ3v) is 5.62. The Morgan fingerprint density at radius 1 is 0.966 bits per heavy atom. The molecule has 0 radical (unpaired) electrons. The predicted molar refractivity (Wildman–Crippen MR) is 122 cm³/mol. The molecule has 2 N–H and O–H groups in total. The molecule has 2 atom stereocenters. The van der Waals surface area contributed by atoms with Crippen LogP contribution >= 0.6 is 0 Å². The number of hydrogen-bond acceptors (Lipinski definition) is 6. The van der Waals surface area contributed by atoms with Crippen molar-refractivity contribution in [1.82, 2.24) is 15.5 Å². The Kier molecular flexibility index (Phi) is 15.4. The first-order valence-corrected chi connectivity index (χ1v) is 11.6. The number of piperidine rings is 1. The van der Waals surface area contributed by atoms with Gasteiger partial charge in [-0.1, -0.05) is 20.8 Å². The maximum absolute atomic E-state index is 11.6. The maximum atomic E-state index is 11.6. The minimum atomic E-state index is 0. The van der Waals surface area contributed by atoms with Crippen molar-refractivity contribution in [3.05, 3.63) is 0 Å². The van der Waals surface area contributed by atoms with Crippen molar-refractivity contribution in [3.8, 4) is 0 Å². The summed E-state index contributed by atoms with van der Waals surface area (Å²) >= 11 is 0. The molecule has 0 saturated carbocycles. The molecular formula is C22H49N3O4. The van der Waals surface area contributed by atoms with Gasteiger partial charge in [0.15, 0.2) is 0 Å². The lowest BCUT2D eigenvalue weighted by Crippen LogP contribution is -2.46. The van der Waals surface area contributed by atoms with Crippen molar-refractivity contribution in [2.24, 2.45) is 5.92 Å². The van der Waals surface area contributed by atoms with E-state index < -0.39 is 0 Å². The number of carbonyl (C=O) groups excluding carboxylic acids is 1. The topological polar surface area (TPSA) is 72.1 Å². The van der Waals surface area contributed by atoms with Crippen LogP contribution in [0.3, 0.4) is 0 Å². The van der Waals surface area contributed by atoms with Gasteiger partial charge in [-0.3, -0.25) is 4.79 Å². The molecule has 0 bridgehead atoms. The summed E-state index contributed by atoms with van der Waals surface area (Å²) in [6.07, 6.45) is 4.51. The van der Waals surface area contributed by atoms with Crippen molar-refractivity contribution < 1.29 is 21.9 Å². The highest BCUT2D eigenvalue weighted by atomic mass is 16.5. The fourth-order valence-electron chi connectivity index (χ4n) is 3.19. The lowest BCUT2D eigenvalue weighted by atomic mass is 10.0. The molecule has 1 amide bonds. The van der Waals surface area contributed by atoms with Crippen LogP contribution in [0.2, 0.25) is 0 Å². The largest absolute Gasteiger partial charge is 0.378 e. The number of ether oxygens (including phenoxy) is 3. The van der Waals surface area contributed by atoms with Gasteiger partial charge in [0.1, 0.15) is 0 Å². The fourth-order valence-corrected chi connectivity index (χ4v) is 3.19. The summed E-state index contributed by atoms with van der Waals surface area (Å²) in [4.78, 5) is 14.1. The van der Waals surface area contributed by atoms with E-state index >= 15 is 0 Å². The Morgan fingerprint density at radius 2 is 1.55 bits per heavy atom. The van der Waals surface area contributed by atoms with E-state index in [4.69, 9.17) is 14.2 Å². The Morgan fingerprint density at radius 3 is 2.14 bits per heavy atom. The molecule has 7 heteroatoms. The summed E-state index contributed by atoms with van der Waals surface area (Å²) in [5.74, 6) is 0.161. The average Bonchev–Trinajstić information content (AvgIpc) is 2.74. The van der Waals surface area contributed by atoms with E-state index in [1.54, 1.807) is 0 Å². The second-order valence-corrected chi connectivity index (χ2v) is 8.03. The van der Waals surface area contributed by atoms with Crippen LogP contribution in [0.25, 0.3) is 0 Å². The van der Waals surface area contributed by atoms with Crippen LogP contribution < -0.4 is 10.6 Å². The third kappa shape index (κ3) is 13.2. The molecule has 176 valence electrons. The van der Waals surface area contributed by atoms with Crippen LogP contribution in [0.4, 0.5) is 0 Å². The maximum Gasteiger partial charge on any atom is 0.222 e. The first-order chi connectivity index (χ1) is 14.1. The number of hydrogen-bond donors (Lipinski definition) is 2. The highest BCUT2D eigenvalue weighted by Crippen LogP contribution is 2.11. The fraction of sp³-hybridized carbons (Fsp3) is 0.955. The molecule has 0 aliphatic carbocycles. The molecule has 1 rings (SSSR count). The van der Waals surface area contributed by atoms with Crippen LogP contribution in [0.1, 0.15) is 56.2 Å². The number of likely N-dealkylation sites (tertiary alicyclic amines) is 1. The number of carbonyl (C=O) groups is 1. The SMILES string of the molecule is CCC(C)NC1CCN(CCOCCOCCOCCNC(=O)C(C)CC)CC1.[HH].[HH]. The average molecular weight is 420 g/mol. The molecule has 1 aliphatic heterocycles. The van der Waals surface area contributed by atoms with Gasteiger partial charge < -0.3 is 29.7 Å². The summed E-state index contributed by atoms with van der Waals surface area (Å²) in [7, 11) is 0. The normalized spacial score (nSPS) is 17.9. The Balaban J connectivity index is 0. The molecule has 0 aromatic rings. The highest BCUT2D eigenvalue weighted by Gasteiger charge is 2.19. The van der Waals surface area contributed by atoms with E-state index in [9.17, 15) is 4.79 Å². The smallest absolute Gasteiger partial charge is 0.222 e. The lowest BCUT2D eigenvalue weighted by Gasteiger charge is -2.33. The Hall–Kier alpha value is -0.730. The molecule has 0 aromatic carbocycles. The van der Waals surface area contributed by atoms with Crippen molar-refractivity contribution in [2.75, 3.05) is 65.8 Å². The highest BCUT2D eigenvalue weighted by molar-refractivity contribution is 5.78.